The topological polar surface area (TPSA) is 87.4 Å². The molecule has 6 nitrogen and oxygen atoms in total. The summed E-state index contributed by atoms with van der Waals surface area (Å²) in [4.78, 5) is 11.7. The van der Waals surface area contributed by atoms with E-state index < -0.39 is 11.4 Å². The summed E-state index contributed by atoms with van der Waals surface area (Å²) in [5.41, 5.74) is -0.712. The Bertz CT molecular complexity index is 350. The van der Waals surface area contributed by atoms with Crippen LogP contribution >= 0.6 is 0 Å². The molecule has 0 saturated heterocycles. The summed E-state index contributed by atoms with van der Waals surface area (Å²) in [6, 6.07) is 1.57. The third-order valence-electron chi connectivity index (χ3n) is 2.61. The molecule has 0 radical (unpaired) electrons. The van der Waals surface area contributed by atoms with Crippen molar-refractivity contribution >= 4 is 5.91 Å². The molecule has 0 fully saturated rings. The normalized spacial score (nSPS) is 11.5. The van der Waals surface area contributed by atoms with E-state index in [0.717, 1.165) is 0 Å². The predicted molar refractivity (Wildman–Crippen MR) is 57.9 cm³/mol. The summed E-state index contributed by atoms with van der Waals surface area (Å²) < 4.78 is 1.51. The number of aromatic nitrogens is 2. The lowest BCUT2D eigenvalue weighted by Crippen LogP contribution is -2.53. The summed E-state index contributed by atoms with van der Waals surface area (Å²) in [6.45, 7) is 1.17. The zero-order chi connectivity index (χ0) is 12.2. The van der Waals surface area contributed by atoms with Crippen LogP contribution in [0.5, 0.6) is 0 Å². The molecular weight excluding hydrogens is 210 g/mol. The fourth-order valence-corrected chi connectivity index (χ4v) is 1.28. The fraction of sp³-hybridized carbons (Fsp3) is 0.600. The van der Waals surface area contributed by atoms with Crippen molar-refractivity contribution in [1.29, 1.82) is 0 Å². The molecule has 0 aliphatic carbocycles. The number of aliphatic hydroxyl groups is 2. The monoisotopic (exact) mass is 227 g/mol. The number of rotatable bonds is 5. The van der Waals surface area contributed by atoms with Gasteiger partial charge in [0.2, 0.25) is 0 Å². The molecule has 3 N–H and O–H groups in total. The Morgan fingerprint density at radius 3 is 2.56 bits per heavy atom. The van der Waals surface area contributed by atoms with Gasteiger partial charge in [0.25, 0.3) is 5.91 Å². The van der Waals surface area contributed by atoms with Gasteiger partial charge in [-0.15, -0.1) is 0 Å². The van der Waals surface area contributed by atoms with Gasteiger partial charge in [-0.2, -0.15) is 5.10 Å². The summed E-state index contributed by atoms with van der Waals surface area (Å²) in [6.07, 6.45) is 2.10. The lowest BCUT2D eigenvalue weighted by molar-refractivity contribution is 0.0648. The van der Waals surface area contributed by atoms with E-state index in [4.69, 9.17) is 0 Å². The fourth-order valence-electron chi connectivity index (χ4n) is 1.28. The number of hydrogen-bond acceptors (Lipinski definition) is 4. The van der Waals surface area contributed by atoms with Crippen molar-refractivity contribution in [2.24, 2.45) is 7.05 Å². The Labute approximate surface area is 93.9 Å². The molecule has 0 saturated carbocycles. The van der Waals surface area contributed by atoms with Gasteiger partial charge in [-0.25, -0.2) is 0 Å². The summed E-state index contributed by atoms with van der Waals surface area (Å²) in [5, 5.41) is 24.9. The van der Waals surface area contributed by atoms with E-state index in [1.54, 1.807) is 26.2 Å². The highest BCUT2D eigenvalue weighted by Gasteiger charge is 2.29. The van der Waals surface area contributed by atoms with E-state index in [1.165, 1.54) is 4.68 Å². The van der Waals surface area contributed by atoms with Crippen LogP contribution in [0.15, 0.2) is 12.3 Å². The molecule has 0 spiro atoms. The molecule has 0 aromatic carbocycles. The van der Waals surface area contributed by atoms with E-state index in [9.17, 15) is 15.0 Å². The summed E-state index contributed by atoms with van der Waals surface area (Å²) >= 11 is 0. The highest BCUT2D eigenvalue weighted by molar-refractivity contribution is 5.92. The molecule has 0 atom stereocenters. The van der Waals surface area contributed by atoms with Crippen molar-refractivity contribution in [2.45, 2.75) is 18.9 Å². The predicted octanol–water partition coefficient (Wildman–Crippen LogP) is -0.717. The molecule has 1 rings (SSSR count). The standard InChI is InChI=1S/C10H17N3O3/c1-3-10(6-14,7-15)11-9(16)8-4-5-13(2)12-8/h4-5,14-15H,3,6-7H2,1-2H3,(H,11,16). The van der Waals surface area contributed by atoms with Gasteiger partial charge in [0.1, 0.15) is 5.69 Å². The van der Waals surface area contributed by atoms with Crippen LogP contribution in [0.3, 0.4) is 0 Å². The molecule has 1 aromatic rings. The zero-order valence-corrected chi connectivity index (χ0v) is 9.47. The number of nitrogens with one attached hydrogen (secondary N) is 1. The molecule has 6 heteroatoms. The number of amides is 1. The van der Waals surface area contributed by atoms with Gasteiger partial charge in [0, 0.05) is 13.2 Å². The molecule has 1 aromatic heterocycles. The number of hydrogen-bond donors (Lipinski definition) is 3. The Morgan fingerprint density at radius 1 is 1.56 bits per heavy atom. The number of aryl methyl sites for hydroxylation is 1. The van der Waals surface area contributed by atoms with Crippen LogP contribution in [0.1, 0.15) is 23.8 Å². The number of carbonyl (C=O) groups excluding carboxylic acids is 1. The van der Waals surface area contributed by atoms with E-state index in [1.807, 2.05) is 0 Å². The summed E-state index contributed by atoms with van der Waals surface area (Å²) in [7, 11) is 1.71. The van der Waals surface area contributed by atoms with Crippen LogP contribution < -0.4 is 5.32 Å². The molecule has 1 heterocycles. The second-order valence-corrected chi connectivity index (χ2v) is 3.78. The van der Waals surface area contributed by atoms with Crippen LogP contribution in [-0.4, -0.2) is 44.7 Å². The molecule has 0 aliphatic rings. The first-order valence-corrected chi connectivity index (χ1v) is 5.11. The first-order valence-electron chi connectivity index (χ1n) is 5.11. The van der Waals surface area contributed by atoms with Gasteiger partial charge >= 0.3 is 0 Å². The van der Waals surface area contributed by atoms with Crippen molar-refractivity contribution in [2.75, 3.05) is 13.2 Å². The summed E-state index contributed by atoms with van der Waals surface area (Å²) in [5.74, 6) is -0.398. The van der Waals surface area contributed by atoms with Crippen molar-refractivity contribution in [3.05, 3.63) is 18.0 Å². The first kappa shape index (κ1) is 12.7. The second kappa shape index (κ2) is 5.09. The third-order valence-corrected chi connectivity index (χ3v) is 2.61. The SMILES string of the molecule is CCC(CO)(CO)NC(=O)c1ccn(C)n1. The van der Waals surface area contributed by atoms with Crippen LogP contribution in [-0.2, 0) is 7.05 Å². The maximum absolute atomic E-state index is 11.7. The minimum Gasteiger partial charge on any atom is -0.394 e. The van der Waals surface area contributed by atoms with Gasteiger partial charge in [-0.3, -0.25) is 9.48 Å². The maximum Gasteiger partial charge on any atom is 0.272 e. The van der Waals surface area contributed by atoms with Crippen LogP contribution in [0, 0.1) is 0 Å². The smallest absolute Gasteiger partial charge is 0.272 e. The first-order chi connectivity index (χ1) is 7.56. The van der Waals surface area contributed by atoms with E-state index in [0.29, 0.717) is 6.42 Å². The average molecular weight is 227 g/mol. The lowest BCUT2D eigenvalue weighted by Gasteiger charge is -2.29. The van der Waals surface area contributed by atoms with E-state index in [2.05, 4.69) is 10.4 Å². The van der Waals surface area contributed by atoms with E-state index >= 15 is 0 Å². The van der Waals surface area contributed by atoms with Gasteiger partial charge in [-0.1, -0.05) is 6.92 Å². The Morgan fingerprint density at radius 2 is 2.19 bits per heavy atom. The minimum absolute atomic E-state index is 0.266. The third kappa shape index (κ3) is 2.59. The number of aliphatic hydroxyl groups excluding tert-OH is 2. The quantitative estimate of drug-likeness (QED) is 0.619. The van der Waals surface area contributed by atoms with Crippen molar-refractivity contribution < 1.29 is 15.0 Å². The molecule has 0 unspecified atom stereocenters. The van der Waals surface area contributed by atoms with Crippen molar-refractivity contribution in [3.8, 4) is 0 Å². The minimum atomic E-state index is -0.978. The molecule has 0 bridgehead atoms. The number of carbonyl (C=O) groups is 1. The average Bonchev–Trinajstić information content (AvgIpc) is 2.73. The Kier molecular flexibility index (Phi) is 4.03. The number of nitrogens with zero attached hydrogens (tertiary/aromatic N) is 2. The van der Waals surface area contributed by atoms with Crippen LogP contribution in [0.2, 0.25) is 0 Å². The van der Waals surface area contributed by atoms with Crippen LogP contribution in [0.25, 0.3) is 0 Å². The highest BCUT2D eigenvalue weighted by Crippen LogP contribution is 2.09. The van der Waals surface area contributed by atoms with Crippen molar-refractivity contribution in [1.82, 2.24) is 15.1 Å². The van der Waals surface area contributed by atoms with Gasteiger partial charge in [0.05, 0.1) is 18.8 Å². The molecule has 90 valence electrons. The Balaban J connectivity index is 2.76. The lowest BCUT2D eigenvalue weighted by atomic mass is 9.98. The second-order valence-electron chi connectivity index (χ2n) is 3.78. The van der Waals surface area contributed by atoms with Gasteiger partial charge < -0.3 is 15.5 Å². The largest absolute Gasteiger partial charge is 0.394 e. The maximum atomic E-state index is 11.7. The van der Waals surface area contributed by atoms with Gasteiger partial charge in [0.15, 0.2) is 0 Å². The Hall–Kier alpha value is -1.40. The molecule has 1 amide bonds. The van der Waals surface area contributed by atoms with Crippen LogP contribution in [0.4, 0.5) is 0 Å². The van der Waals surface area contributed by atoms with Gasteiger partial charge in [-0.05, 0) is 12.5 Å². The molecular formula is C10H17N3O3. The van der Waals surface area contributed by atoms with E-state index in [-0.39, 0.29) is 18.9 Å². The van der Waals surface area contributed by atoms with Crippen molar-refractivity contribution in [3.63, 3.8) is 0 Å². The zero-order valence-electron chi connectivity index (χ0n) is 9.47. The molecule has 0 aliphatic heterocycles. The highest BCUT2D eigenvalue weighted by atomic mass is 16.3. The molecule has 16 heavy (non-hydrogen) atoms.